The Bertz CT molecular complexity index is 802. The second-order valence-corrected chi connectivity index (χ2v) is 7.32. The summed E-state index contributed by atoms with van der Waals surface area (Å²) in [5.74, 6) is 4.14. The van der Waals surface area contributed by atoms with E-state index < -0.39 is 0 Å². The molecule has 0 radical (unpaired) electrons. The van der Waals surface area contributed by atoms with Gasteiger partial charge in [-0.2, -0.15) is 0 Å². The summed E-state index contributed by atoms with van der Waals surface area (Å²) in [4.78, 5) is 4.81. The van der Waals surface area contributed by atoms with Crippen LogP contribution < -0.4 is 15.4 Å². The first-order valence-corrected chi connectivity index (χ1v) is 10.2. The van der Waals surface area contributed by atoms with Gasteiger partial charge in [-0.15, -0.1) is 34.2 Å². The van der Waals surface area contributed by atoms with E-state index >= 15 is 0 Å². The molecule has 2 N–H and O–H groups in total. The van der Waals surface area contributed by atoms with Crippen molar-refractivity contribution in [1.82, 2.24) is 25.4 Å². The van der Waals surface area contributed by atoms with Crippen LogP contribution in [-0.2, 0) is 13.6 Å². The van der Waals surface area contributed by atoms with Crippen molar-refractivity contribution in [1.29, 1.82) is 0 Å². The van der Waals surface area contributed by atoms with E-state index in [4.69, 9.17) is 9.73 Å². The normalized spacial score (nSPS) is 16.0. The number of aromatic nitrogens is 3. The number of para-hydroxylation sites is 1. The number of ether oxygens (including phenoxy) is 1. The topological polar surface area (TPSA) is 76.4 Å². The molecule has 160 valence electrons. The fourth-order valence-corrected chi connectivity index (χ4v) is 3.37. The van der Waals surface area contributed by atoms with Gasteiger partial charge in [-0.05, 0) is 18.9 Å². The van der Waals surface area contributed by atoms with Crippen LogP contribution in [0.4, 0.5) is 0 Å². The fourth-order valence-electron chi connectivity index (χ4n) is 3.37. The van der Waals surface area contributed by atoms with Crippen LogP contribution in [0.25, 0.3) is 0 Å². The van der Waals surface area contributed by atoms with Crippen molar-refractivity contribution in [3.8, 4) is 5.75 Å². The van der Waals surface area contributed by atoms with Gasteiger partial charge in [0.05, 0.1) is 12.6 Å². The van der Waals surface area contributed by atoms with Crippen LogP contribution in [0.15, 0.2) is 29.3 Å². The molecule has 8 heteroatoms. The highest BCUT2D eigenvalue weighted by molar-refractivity contribution is 14.0. The molecule has 1 aromatic heterocycles. The Morgan fingerprint density at radius 1 is 1.28 bits per heavy atom. The van der Waals surface area contributed by atoms with Crippen molar-refractivity contribution in [3.05, 3.63) is 41.5 Å². The van der Waals surface area contributed by atoms with E-state index in [2.05, 4.69) is 46.8 Å². The van der Waals surface area contributed by atoms with E-state index in [0.29, 0.717) is 19.1 Å². The molecule has 7 nitrogen and oxygen atoms in total. The highest BCUT2D eigenvalue weighted by Crippen LogP contribution is 2.31. The third-order valence-electron chi connectivity index (χ3n) is 5.54. The van der Waals surface area contributed by atoms with Crippen molar-refractivity contribution in [2.24, 2.45) is 18.0 Å². The van der Waals surface area contributed by atoms with Crippen molar-refractivity contribution >= 4 is 29.9 Å². The largest absolute Gasteiger partial charge is 0.493 e. The second kappa shape index (κ2) is 11.4. The van der Waals surface area contributed by atoms with Gasteiger partial charge in [-0.1, -0.05) is 44.9 Å². The Kier molecular flexibility index (Phi) is 9.19. The van der Waals surface area contributed by atoms with Crippen LogP contribution in [0, 0.1) is 12.8 Å². The number of hydrogen-bond donors (Lipinski definition) is 2. The van der Waals surface area contributed by atoms with Crippen molar-refractivity contribution in [2.75, 3.05) is 13.2 Å². The number of nitrogens with one attached hydrogen (secondary N) is 2. The molecule has 0 fully saturated rings. The molecule has 0 bridgehead atoms. The minimum absolute atomic E-state index is 0. The van der Waals surface area contributed by atoms with E-state index in [-0.39, 0.29) is 30.0 Å². The van der Waals surface area contributed by atoms with Crippen molar-refractivity contribution in [2.45, 2.75) is 52.6 Å². The number of aliphatic imine (C=N–C) groups is 1. The Hall–Kier alpha value is -1.84. The Morgan fingerprint density at radius 3 is 2.72 bits per heavy atom. The molecule has 1 unspecified atom stereocenters. The lowest BCUT2D eigenvalue weighted by Crippen LogP contribution is -2.42. The molecular weight excluding hydrogens is 479 g/mol. The van der Waals surface area contributed by atoms with Gasteiger partial charge in [0.25, 0.3) is 0 Å². The zero-order valence-corrected chi connectivity index (χ0v) is 20.1. The van der Waals surface area contributed by atoms with Crippen molar-refractivity contribution in [3.63, 3.8) is 0 Å². The molecular formula is C21H33IN6O. The monoisotopic (exact) mass is 512 g/mol. The molecule has 0 saturated heterocycles. The molecule has 1 atom stereocenters. The maximum absolute atomic E-state index is 5.79. The first kappa shape index (κ1) is 23.4. The summed E-state index contributed by atoms with van der Waals surface area (Å²) in [6, 6.07) is 8.40. The highest BCUT2D eigenvalue weighted by Gasteiger charge is 2.22. The zero-order valence-electron chi connectivity index (χ0n) is 17.8. The van der Waals surface area contributed by atoms with E-state index in [1.54, 1.807) is 0 Å². The minimum Gasteiger partial charge on any atom is -0.493 e. The number of aryl methyl sites for hydroxylation is 1. The first-order chi connectivity index (χ1) is 13.6. The van der Waals surface area contributed by atoms with Crippen LogP contribution in [-0.4, -0.2) is 33.9 Å². The highest BCUT2D eigenvalue weighted by atomic mass is 127. The molecule has 0 spiro atoms. The number of halogens is 1. The number of benzene rings is 1. The van der Waals surface area contributed by atoms with Gasteiger partial charge in [-0.25, -0.2) is 4.99 Å². The van der Waals surface area contributed by atoms with Gasteiger partial charge >= 0.3 is 0 Å². The van der Waals surface area contributed by atoms with Gasteiger partial charge in [0.1, 0.15) is 18.1 Å². The third kappa shape index (κ3) is 6.07. The Balaban J connectivity index is 0.00000300. The van der Waals surface area contributed by atoms with Gasteiger partial charge in [0.2, 0.25) is 0 Å². The average molecular weight is 512 g/mol. The van der Waals surface area contributed by atoms with E-state index in [1.165, 1.54) is 5.56 Å². The van der Waals surface area contributed by atoms with Crippen molar-refractivity contribution < 1.29 is 4.74 Å². The molecule has 1 aliphatic rings. The number of guanidine groups is 1. The minimum atomic E-state index is 0. The maximum atomic E-state index is 5.79. The van der Waals surface area contributed by atoms with Crippen LogP contribution >= 0.6 is 24.0 Å². The van der Waals surface area contributed by atoms with E-state index in [0.717, 1.165) is 49.2 Å². The molecule has 29 heavy (non-hydrogen) atoms. The summed E-state index contributed by atoms with van der Waals surface area (Å²) >= 11 is 0. The van der Waals surface area contributed by atoms with Gasteiger partial charge in [0.15, 0.2) is 11.8 Å². The van der Waals surface area contributed by atoms with E-state index in [1.807, 2.05) is 30.7 Å². The summed E-state index contributed by atoms with van der Waals surface area (Å²) in [6.45, 7) is 8.51. The van der Waals surface area contributed by atoms with E-state index in [9.17, 15) is 0 Å². The van der Waals surface area contributed by atoms with Crippen LogP contribution in [0.1, 0.15) is 56.4 Å². The lowest BCUT2D eigenvalue weighted by molar-refractivity contribution is 0.261. The summed E-state index contributed by atoms with van der Waals surface area (Å²) in [5.41, 5.74) is 1.18. The number of rotatable bonds is 7. The first-order valence-electron chi connectivity index (χ1n) is 10.2. The number of fused-ring (bicyclic) bond motifs is 1. The van der Waals surface area contributed by atoms with Crippen LogP contribution in [0.5, 0.6) is 5.75 Å². The second-order valence-electron chi connectivity index (χ2n) is 7.32. The maximum Gasteiger partial charge on any atom is 0.192 e. The quantitative estimate of drug-likeness (QED) is 0.336. The molecule has 0 saturated carbocycles. The predicted molar refractivity (Wildman–Crippen MR) is 127 cm³/mol. The molecule has 2 aromatic rings. The zero-order chi connectivity index (χ0) is 19.9. The smallest absolute Gasteiger partial charge is 0.192 e. The van der Waals surface area contributed by atoms with Gasteiger partial charge < -0.3 is 19.9 Å². The predicted octanol–water partition coefficient (Wildman–Crippen LogP) is 3.74. The molecule has 2 heterocycles. The molecule has 1 aliphatic heterocycles. The summed E-state index contributed by atoms with van der Waals surface area (Å²) in [5, 5.41) is 15.5. The molecule has 3 rings (SSSR count). The molecule has 0 amide bonds. The van der Waals surface area contributed by atoms with Crippen LogP contribution in [0.3, 0.4) is 0 Å². The summed E-state index contributed by atoms with van der Waals surface area (Å²) in [7, 11) is 1.97. The Morgan fingerprint density at radius 2 is 2.03 bits per heavy atom. The lowest BCUT2D eigenvalue weighted by Gasteiger charge is -2.28. The Labute approximate surface area is 190 Å². The standard InChI is InChI=1S/C21H32N6O.HI/c1-5-16(6-2)13-22-21(23-14-20-26-25-15(3)27(20)4)24-18-11-12-28-19-10-8-7-9-17(18)19;/h7-10,16,18H,5-6,11-14H2,1-4H3,(H2,22,23,24);1H. The SMILES string of the molecule is CCC(CC)CNC(=NCc1nnc(C)n1C)NC1CCOc2ccccc21.I. The molecule has 0 aliphatic carbocycles. The average Bonchev–Trinajstić information content (AvgIpc) is 3.04. The van der Waals surface area contributed by atoms with Gasteiger partial charge in [-0.3, -0.25) is 0 Å². The third-order valence-corrected chi connectivity index (χ3v) is 5.54. The number of nitrogens with zero attached hydrogens (tertiary/aromatic N) is 4. The lowest BCUT2D eigenvalue weighted by atomic mass is 10.0. The molecule has 1 aromatic carbocycles. The fraction of sp³-hybridized carbons (Fsp3) is 0.571. The number of hydrogen-bond acceptors (Lipinski definition) is 4. The summed E-state index contributed by atoms with van der Waals surface area (Å²) in [6.07, 6.45) is 3.21. The summed E-state index contributed by atoms with van der Waals surface area (Å²) < 4.78 is 7.77. The van der Waals surface area contributed by atoms with Crippen LogP contribution in [0.2, 0.25) is 0 Å². The van der Waals surface area contributed by atoms with Gasteiger partial charge in [0, 0.05) is 25.6 Å².